The van der Waals surface area contributed by atoms with Crippen molar-refractivity contribution in [1.29, 1.82) is 0 Å². The SMILES string of the molecule is C=C(F)C(=O)C1CC(c2nn(-c3ccc(OC(F)(F)CCC)cc3)c3nccc(N4CC(F)(CO)C4)c23)CC1C. The Hall–Kier alpha value is -3.47. The number of benzene rings is 1. The number of carbonyl (C=O) groups excluding carboxylic acids is 1. The molecule has 1 aromatic carbocycles. The predicted molar refractivity (Wildman–Crippen MR) is 142 cm³/mol. The first kappa shape index (κ1) is 28.1. The number of halogens is 4. The molecular formula is C29H32F4N4O3. The van der Waals surface area contributed by atoms with Gasteiger partial charge < -0.3 is 14.7 Å². The minimum atomic E-state index is -3.28. The smallest absolute Gasteiger partial charge is 0.397 e. The van der Waals surface area contributed by atoms with Gasteiger partial charge in [-0.25, -0.2) is 18.4 Å². The number of hydrogen-bond donors (Lipinski definition) is 1. The van der Waals surface area contributed by atoms with Gasteiger partial charge in [-0.1, -0.05) is 20.4 Å². The van der Waals surface area contributed by atoms with Crippen molar-refractivity contribution >= 4 is 22.5 Å². The fourth-order valence-corrected chi connectivity index (χ4v) is 5.90. The number of rotatable bonds is 10. The van der Waals surface area contributed by atoms with E-state index in [1.165, 1.54) is 12.1 Å². The van der Waals surface area contributed by atoms with E-state index in [0.29, 0.717) is 40.9 Å². The summed E-state index contributed by atoms with van der Waals surface area (Å²) in [5, 5.41) is 15.0. The number of aliphatic hydroxyl groups excluding tert-OH is 1. The van der Waals surface area contributed by atoms with Gasteiger partial charge in [0.1, 0.15) is 5.75 Å². The van der Waals surface area contributed by atoms with E-state index in [-0.39, 0.29) is 37.1 Å². The molecule has 2 aromatic heterocycles. The Kier molecular flexibility index (Phi) is 7.37. The number of hydrogen-bond acceptors (Lipinski definition) is 6. The standard InChI is InChI=1S/C29H32F4N4O3/c1-4-10-29(32,33)40-21-7-5-20(6-8-21)37-27-24(23(9-11-34-27)36-14-28(31,15-36)16-38)25(35-37)19-12-17(2)22(13-19)26(39)18(3)30/h5-9,11,17,19,22,38H,3-4,10,12-16H2,1-2H3. The first-order valence-corrected chi connectivity index (χ1v) is 13.4. The second-order valence-electron chi connectivity index (χ2n) is 11.0. The zero-order valence-electron chi connectivity index (χ0n) is 22.4. The second kappa shape index (κ2) is 10.5. The van der Waals surface area contributed by atoms with E-state index in [1.54, 1.807) is 40.9 Å². The van der Waals surface area contributed by atoms with Crippen LogP contribution in [0.1, 0.15) is 51.1 Å². The summed E-state index contributed by atoms with van der Waals surface area (Å²) in [6.07, 6.45) is -0.893. The molecule has 1 saturated carbocycles. The van der Waals surface area contributed by atoms with E-state index < -0.39 is 42.3 Å². The van der Waals surface area contributed by atoms with Crippen LogP contribution in [0.15, 0.2) is 48.9 Å². The van der Waals surface area contributed by atoms with Crippen LogP contribution in [0.3, 0.4) is 0 Å². The van der Waals surface area contributed by atoms with Gasteiger partial charge in [0.25, 0.3) is 0 Å². The van der Waals surface area contributed by atoms with Crippen molar-refractivity contribution in [3.05, 3.63) is 54.6 Å². The van der Waals surface area contributed by atoms with Crippen LogP contribution in [-0.2, 0) is 4.79 Å². The average molecular weight is 561 g/mol. The molecule has 5 rings (SSSR count). The van der Waals surface area contributed by atoms with Crippen LogP contribution in [0, 0.1) is 11.8 Å². The van der Waals surface area contributed by atoms with E-state index >= 15 is 0 Å². The van der Waals surface area contributed by atoms with Crippen LogP contribution in [0.25, 0.3) is 16.7 Å². The minimum absolute atomic E-state index is 0.00486. The average Bonchev–Trinajstić information content (AvgIpc) is 3.47. The number of ether oxygens (including phenoxy) is 1. The summed E-state index contributed by atoms with van der Waals surface area (Å²) < 4.78 is 62.8. The third-order valence-electron chi connectivity index (χ3n) is 7.91. The van der Waals surface area contributed by atoms with Crippen molar-refractivity contribution in [2.75, 3.05) is 24.6 Å². The highest BCUT2D eigenvalue weighted by atomic mass is 19.3. The molecule has 3 unspecified atom stereocenters. The number of nitrogens with zero attached hydrogens (tertiary/aromatic N) is 4. The molecule has 1 aliphatic carbocycles. The number of aliphatic hydroxyl groups is 1. The normalized spacial score (nSPS) is 22.4. The van der Waals surface area contributed by atoms with Crippen LogP contribution in [0.4, 0.5) is 23.2 Å². The highest BCUT2D eigenvalue weighted by molar-refractivity contribution is 5.96. The number of pyridine rings is 1. The van der Waals surface area contributed by atoms with Gasteiger partial charge in [0.2, 0.25) is 0 Å². The summed E-state index contributed by atoms with van der Waals surface area (Å²) in [6, 6.07) is 7.82. The summed E-state index contributed by atoms with van der Waals surface area (Å²) in [5.41, 5.74) is 0.628. The largest absolute Gasteiger partial charge is 0.433 e. The van der Waals surface area contributed by atoms with Crippen LogP contribution in [0.2, 0.25) is 0 Å². The second-order valence-corrected chi connectivity index (χ2v) is 11.0. The molecule has 1 N–H and O–H groups in total. The highest BCUT2D eigenvalue weighted by Gasteiger charge is 2.45. The van der Waals surface area contributed by atoms with Gasteiger partial charge in [0, 0.05) is 18.0 Å². The fourth-order valence-electron chi connectivity index (χ4n) is 5.90. The Labute approximate surface area is 229 Å². The first-order chi connectivity index (χ1) is 18.9. The molecule has 0 spiro atoms. The lowest BCUT2D eigenvalue weighted by Gasteiger charge is -2.45. The van der Waals surface area contributed by atoms with Gasteiger partial charge in [0.05, 0.1) is 48.6 Å². The lowest BCUT2D eigenvalue weighted by molar-refractivity contribution is -0.180. The molecule has 1 aliphatic heterocycles. The Bertz CT molecular complexity index is 1420. The zero-order chi connectivity index (χ0) is 28.8. The van der Waals surface area contributed by atoms with E-state index in [4.69, 9.17) is 9.84 Å². The Morgan fingerprint density at radius 3 is 2.55 bits per heavy atom. The molecule has 7 nitrogen and oxygen atoms in total. The summed E-state index contributed by atoms with van der Waals surface area (Å²) in [5.74, 6) is -2.43. The van der Waals surface area contributed by atoms with Gasteiger partial charge in [-0.15, -0.1) is 0 Å². The van der Waals surface area contributed by atoms with Gasteiger partial charge in [-0.05, 0) is 55.5 Å². The van der Waals surface area contributed by atoms with Gasteiger partial charge >= 0.3 is 6.11 Å². The van der Waals surface area contributed by atoms with Gasteiger partial charge in [-0.2, -0.15) is 13.9 Å². The third kappa shape index (κ3) is 5.18. The number of aromatic nitrogens is 3. The van der Waals surface area contributed by atoms with Crippen LogP contribution in [0.5, 0.6) is 5.75 Å². The number of allylic oxidation sites excluding steroid dienone is 1. The summed E-state index contributed by atoms with van der Waals surface area (Å²) in [6.45, 7) is 6.12. The topological polar surface area (TPSA) is 80.5 Å². The van der Waals surface area contributed by atoms with Gasteiger partial charge in [0.15, 0.2) is 22.9 Å². The fraction of sp³-hybridized carbons (Fsp3) is 0.483. The highest BCUT2D eigenvalue weighted by Crippen LogP contribution is 2.47. The molecule has 40 heavy (non-hydrogen) atoms. The van der Waals surface area contributed by atoms with Crippen LogP contribution >= 0.6 is 0 Å². The minimum Gasteiger partial charge on any atom is -0.433 e. The van der Waals surface area contributed by atoms with Crippen LogP contribution < -0.4 is 9.64 Å². The third-order valence-corrected chi connectivity index (χ3v) is 7.91. The monoisotopic (exact) mass is 560 g/mol. The van der Waals surface area contributed by atoms with Crippen molar-refractivity contribution in [2.45, 2.75) is 57.2 Å². The van der Waals surface area contributed by atoms with E-state index in [0.717, 1.165) is 0 Å². The maximum atomic E-state index is 14.6. The summed E-state index contributed by atoms with van der Waals surface area (Å²) in [7, 11) is 0. The first-order valence-electron chi connectivity index (χ1n) is 13.4. The van der Waals surface area contributed by atoms with Crippen molar-refractivity contribution in [1.82, 2.24) is 14.8 Å². The summed E-state index contributed by atoms with van der Waals surface area (Å²) in [4.78, 5) is 18.8. The number of alkyl halides is 3. The zero-order valence-corrected chi connectivity index (χ0v) is 22.4. The molecule has 0 bridgehead atoms. The Balaban J connectivity index is 1.55. The van der Waals surface area contributed by atoms with Crippen LogP contribution in [-0.4, -0.2) is 57.1 Å². The maximum Gasteiger partial charge on any atom is 0.397 e. The molecule has 3 heterocycles. The molecule has 214 valence electrons. The molecule has 11 heteroatoms. The molecule has 2 fully saturated rings. The lowest BCUT2D eigenvalue weighted by Crippen LogP contribution is -2.61. The molecule has 1 saturated heterocycles. The summed E-state index contributed by atoms with van der Waals surface area (Å²) >= 11 is 0. The van der Waals surface area contributed by atoms with E-state index in [1.807, 2.05) is 6.92 Å². The number of ketones is 1. The number of Topliss-reactive ketones (excluding diaryl/α,β-unsaturated/α-hetero) is 1. The number of fused-ring (bicyclic) bond motifs is 1. The molecule has 0 amide bonds. The Morgan fingerprint density at radius 1 is 1.23 bits per heavy atom. The molecular weight excluding hydrogens is 528 g/mol. The number of anilines is 1. The maximum absolute atomic E-state index is 14.6. The molecule has 3 aromatic rings. The molecule has 2 aliphatic rings. The predicted octanol–water partition coefficient (Wildman–Crippen LogP) is 5.89. The Morgan fingerprint density at radius 2 is 1.93 bits per heavy atom. The number of carbonyl (C=O) groups is 1. The quantitative estimate of drug-likeness (QED) is 0.246. The van der Waals surface area contributed by atoms with Crippen molar-refractivity contribution < 1.29 is 32.2 Å². The van der Waals surface area contributed by atoms with Gasteiger partial charge in [-0.3, -0.25) is 4.79 Å². The molecule has 3 atom stereocenters. The van der Waals surface area contributed by atoms with E-state index in [2.05, 4.69) is 11.6 Å². The van der Waals surface area contributed by atoms with Crippen molar-refractivity contribution in [3.63, 3.8) is 0 Å². The lowest BCUT2D eigenvalue weighted by atomic mass is 9.92. The molecule has 0 radical (unpaired) electrons. The van der Waals surface area contributed by atoms with Crippen molar-refractivity contribution in [2.24, 2.45) is 11.8 Å². The van der Waals surface area contributed by atoms with E-state index in [9.17, 15) is 27.5 Å². The van der Waals surface area contributed by atoms with Crippen molar-refractivity contribution in [3.8, 4) is 11.4 Å².